The number of benzene rings is 2. The van der Waals surface area contributed by atoms with E-state index in [4.69, 9.17) is 11.6 Å². The molecule has 0 saturated carbocycles. The van der Waals surface area contributed by atoms with Gasteiger partial charge in [0.15, 0.2) is 11.6 Å². The molecule has 0 radical (unpaired) electrons. The molecule has 1 nitrogen and oxygen atoms in total. The lowest BCUT2D eigenvalue weighted by molar-refractivity contribution is 0.503. The fraction of sp³-hybridized carbons (Fsp3) is 0.143. The predicted molar refractivity (Wildman–Crippen MR) is 76.4 cm³/mol. The van der Waals surface area contributed by atoms with E-state index in [1.807, 2.05) is 0 Å². The number of hydrogen-bond acceptors (Lipinski definition) is 1. The van der Waals surface area contributed by atoms with Crippen molar-refractivity contribution < 1.29 is 13.2 Å². The zero-order valence-electron chi connectivity index (χ0n) is 10.4. The first kappa shape index (κ1) is 15.4. The van der Waals surface area contributed by atoms with Crippen molar-refractivity contribution in [1.82, 2.24) is 5.32 Å². The third-order valence-corrected chi connectivity index (χ3v) is 3.73. The van der Waals surface area contributed by atoms with Crippen LogP contribution in [0.3, 0.4) is 0 Å². The van der Waals surface area contributed by atoms with Gasteiger partial charge in [0.25, 0.3) is 0 Å². The maximum absolute atomic E-state index is 13.9. The van der Waals surface area contributed by atoms with E-state index in [9.17, 15) is 13.2 Å². The van der Waals surface area contributed by atoms with Crippen LogP contribution in [0.2, 0.25) is 5.02 Å². The molecule has 106 valence electrons. The summed E-state index contributed by atoms with van der Waals surface area (Å²) in [4.78, 5) is 0. The van der Waals surface area contributed by atoms with Crippen LogP contribution in [0.25, 0.3) is 0 Å². The van der Waals surface area contributed by atoms with Gasteiger partial charge in [-0.15, -0.1) is 0 Å². The monoisotopic (exact) mass is 363 g/mol. The first-order valence-electron chi connectivity index (χ1n) is 5.70. The van der Waals surface area contributed by atoms with Crippen molar-refractivity contribution in [3.63, 3.8) is 0 Å². The van der Waals surface area contributed by atoms with Crippen molar-refractivity contribution in [3.05, 3.63) is 68.4 Å². The minimum Gasteiger partial charge on any atom is -0.309 e. The van der Waals surface area contributed by atoms with Gasteiger partial charge in [0.05, 0.1) is 6.04 Å². The maximum Gasteiger partial charge on any atom is 0.160 e. The quantitative estimate of drug-likeness (QED) is 0.769. The van der Waals surface area contributed by atoms with E-state index in [1.165, 1.54) is 6.07 Å². The first-order chi connectivity index (χ1) is 9.43. The molecule has 2 rings (SSSR count). The Labute approximate surface area is 127 Å². The summed E-state index contributed by atoms with van der Waals surface area (Å²) < 4.78 is 41.1. The second kappa shape index (κ2) is 6.16. The Morgan fingerprint density at radius 2 is 1.65 bits per heavy atom. The topological polar surface area (TPSA) is 12.0 Å². The highest BCUT2D eigenvalue weighted by Crippen LogP contribution is 2.32. The minimum absolute atomic E-state index is 0.0302. The van der Waals surface area contributed by atoms with Crippen LogP contribution in [0.5, 0.6) is 0 Å². The molecule has 20 heavy (non-hydrogen) atoms. The zero-order chi connectivity index (χ0) is 14.9. The second-order valence-electron chi connectivity index (χ2n) is 4.18. The summed E-state index contributed by atoms with van der Waals surface area (Å²) in [5.41, 5.74) is 0.555. The van der Waals surface area contributed by atoms with Crippen molar-refractivity contribution in [2.75, 3.05) is 7.05 Å². The largest absolute Gasteiger partial charge is 0.309 e. The van der Waals surface area contributed by atoms with Gasteiger partial charge in [0, 0.05) is 15.1 Å². The van der Waals surface area contributed by atoms with Gasteiger partial charge in [0.2, 0.25) is 0 Å². The fourth-order valence-electron chi connectivity index (χ4n) is 1.97. The molecule has 2 aromatic rings. The lowest BCUT2D eigenvalue weighted by atomic mass is 9.98. The Kier molecular flexibility index (Phi) is 4.73. The van der Waals surface area contributed by atoms with E-state index in [0.29, 0.717) is 4.47 Å². The molecule has 0 saturated heterocycles. The molecular formula is C14H10BrClF3N. The number of hydrogen-bond donors (Lipinski definition) is 1. The van der Waals surface area contributed by atoms with Crippen LogP contribution in [0.1, 0.15) is 17.2 Å². The van der Waals surface area contributed by atoms with Crippen molar-refractivity contribution >= 4 is 27.5 Å². The summed E-state index contributed by atoms with van der Waals surface area (Å²) in [6.45, 7) is 0. The summed E-state index contributed by atoms with van der Waals surface area (Å²) >= 11 is 9.19. The number of halogens is 5. The molecule has 0 amide bonds. The van der Waals surface area contributed by atoms with Gasteiger partial charge in [-0.3, -0.25) is 0 Å². The summed E-state index contributed by atoms with van der Waals surface area (Å²) in [7, 11) is 1.59. The van der Waals surface area contributed by atoms with Gasteiger partial charge < -0.3 is 5.32 Å². The highest BCUT2D eigenvalue weighted by molar-refractivity contribution is 9.10. The van der Waals surface area contributed by atoms with Crippen molar-refractivity contribution in [1.29, 1.82) is 0 Å². The molecule has 2 aromatic carbocycles. The Bertz CT molecular complexity index is 649. The molecular weight excluding hydrogens is 355 g/mol. The molecule has 1 unspecified atom stereocenters. The molecule has 1 N–H and O–H groups in total. The van der Waals surface area contributed by atoms with Gasteiger partial charge in [-0.05, 0) is 42.9 Å². The van der Waals surface area contributed by atoms with E-state index in [2.05, 4.69) is 21.2 Å². The molecule has 0 aliphatic rings. The van der Waals surface area contributed by atoms with Crippen molar-refractivity contribution in [3.8, 4) is 0 Å². The Balaban J connectivity index is 2.58. The van der Waals surface area contributed by atoms with Crippen LogP contribution < -0.4 is 5.32 Å². The average molecular weight is 365 g/mol. The van der Waals surface area contributed by atoms with E-state index in [-0.39, 0.29) is 16.1 Å². The molecule has 0 aliphatic heterocycles. The number of rotatable bonds is 3. The minimum atomic E-state index is -1.04. The van der Waals surface area contributed by atoms with Crippen LogP contribution in [-0.2, 0) is 0 Å². The van der Waals surface area contributed by atoms with Crippen LogP contribution in [0, 0.1) is 17.5 Å². The highest BCUT2D eigenvalue weighted by atomic mass is 79.9. The maximum atomic E-state index is 13.9. The molecule has 0 aliphatic carbocycles. The summed E-state index contributed by atoms with van der Waals surface area (Å²) in [5.74, 6) is -2.53. The third kappa shape index (κ3) is 3.00. The van der Waals surface area contributed by atoms with E-state index >= 15 is 0 Å². The third-order valence-electron chi connectivity index (χ3n) is 2.91. The molecule has 6 heteroatoms. The smallest absolute Gasteiger partial charge is 0.160 e. The van der Waals surface area contributed by atoms with E-state index < -0.39 is 23.5 Å². The van der Waals surface area contributed by atoms with Crippen molar-refractivity contribution in [2.45, 2.75) is 6.04 Å². The SMILES string of the molecule is CNC(c1cc(Br)ccc1F)c1cc(F)c(F)cc1Cl. The number of nitrogens with one attached hydrogen (secondary N) is 1. The van der Waals surface area contributed by atoms with Gasteiger partial charge >= 0.3 is 0 Å². The van der Waals surface area contributed by atoms with Crippen LogP contribution >= 0.6 is 27.5 Å². The molecule has 0 heterocycles. The van der Waals surface area contributed by atoms with Crippen LogP contribution in [0.4, 0.5) is 13.2 Å². The average Bonchev–Trinajstić information content (AvgIpc) is 2.40. The summed E-state index contributed by atoms with van der Waals surface area (Å²) in [6, 6.07) is 5.57. The molecule has 0 spiro atoms. The van der Waals surface area contributed by atoms with Gasteiger partial charge in [-0.1, -0.05) is 27.5 Å². The molecule has 1 atom stereocenters. The van der Waals surface area contributed by atoms with Gasteiger partial charge in [-0.25, -0.2) is 13.2 Å². The predicted octanol–water partition coefficient (Wildman–Crippen LogP) is 4.83. The van der Waals surface area contributed by atoms with Gasteiger partial charge in [-0.2, -0.15) is 0 Å². The highest BCUT2D eigenvalue weighted by Gasteiger charge is 2.21. The normalized spacial score (nSPS) is 12.5. The molecule has 0 bridgehead atoms. The lowest BCUT2D eigenvalue weighted by Gasteiger charge is -2.19. The molecule has 0 fully saturated rings. The Morgan fingerprint density at radius 1 is 1.00 bits per heavy atom. The van der Waals surface area contributed by atoms with E-state index in [0.717, 1.165) is 12.1 Å². The van der Waals surface area contributed by atoms with Crippen LogP contribution in [0.15, 0.2) is 34.8 Å². The fourth-order valence-corrected chi connectivity index (χ4v) is 2.61. The zero-order valence-corrected chi connectivity index (χ0v) is 12.7. The van der Waals surface area contributed by atoms with Gasteiger partial charge in [0.1, 0.15) is 5.82 Å². The Morgan fingerprint density at radius 3 is 2.30 bits per heavy atom. The summed E-state index contributed by atoms with van der Waals surface area (Å²) in [6.07, 6.45) is 0. The second-order valence-corrected chi connectivity index (χ2v) is 5.50. The first-order valence-corrected chi connectivity index (χ1v) is 6.87. The standard InChI is InChI=1S/C14H10BrClF3N/c1-20-14(9-4-7(15)2-3-11(9)17)8-5-12(18)13(19)6-10(8)16/h2-6,14,20H,1H3. The molecule has 0 aromatic heterocycles. The lowest BCUT2D eigenvalue weighted by Crippen LogP contribution is -2.20. The summed E-state index contributed by atoms with van der Waals surface area (Å²) in [5, 5.41) is 2.89. The Hall–Kier alpha value is -1.04. The van der Waals surface area contributed by atoms with E-state index in [1.54, 1.807) is 19.2 Å². The van der Waals surface area contributed by atoms with Crippen molar-refractivity contribution in [2.24, 2.45) is 0 Å². The van der Waals surface area contributed by atoms with Crippen LogP contribution in [-0.4, -0.2) is 7.05 Å².